The van der Waals surface area contributed by atoms with E-state index in [1.54, 1.807) is 11.3 Å². The fourth-order valence-corrected chi connectivity index (χ4v) is 4.32. The van der Waals surface area contributed by atoms with Crippen LogP contribution in [0.2, 0.25) is 0 Å². The van der Waals surface area contributed by atoms with Gasteiger partial charge in [-0.2, -0.15) is 0 Å². The normalized spacial score (nSPS) is 14.4. The number of nitrogens with one attached hydrogen (secondary N) is 1. The predicted molar refractivity (Wildman–Crippen MR) is 108 cm³/mol. The maximum Gasteiger partial charge on any atom is 0.227 e. The number of anilines is 1. The third-order valence-electron chi connectivity index (χ3n) is 4.84. The van der Waals surface area contributed by atoms with Crippen LogP contribution >= 0.6 is 11.3 Å². The Morgan fingerprint density at radius 2 is 2.04 bits per heavy atom. The van der Waals surface area contributed by atoms with Crippen LogP contribution in [-0.4, -0.2) is 27.4 Å². The number of carbonyl (C=O) groups is 1. The van der Waals surface area contributed by atoms with Crippen molar-refractivity contribution in [3.8, 4) is 11.3 Å². The maximum atomic E-state index is 12.0. The smallest absolute Gasteiger partial charge is 0.227 e. The van der Waals surface area contributed by atoms with Gasteiger partial charge in [0.1, 0.15) is 10.8 Å². The van der Waals surface area contributed by atoms with Gasteiger partial charge in [0.2, 0.25) is 5.91 Å². The molecule has 0 aliphatic carbocycles. The molecule has 6 heteroatoms. The van der Waals surface area contributed by atoms with Crippen LogP contribution in [0.1, 0.15) is 23.7 Å². The number of para-hydroxylation sites is 2. The topological polar surface area (TPSA) is 61.9 Å². The summed E-state index contributed by atoms with van der Waals surface area (Å²) in [6.07, 6.45) is 2.26. The summed E-state index contributed by atoms with van der Waals surface area (Å²) in [5, 5.41) is 3.09. The lowest BCUT2D eigenvalue weighted by Gasteiger charge is -2.16. The largest absolute Gasteiger partial charge is 0.342 e. The highest BCUT2D eigenvalue weighted by Gasteiger charge is 2.22. The number of thiazole rings is 1. The van der Waals surface area contributed by atoms with Crippen molar-refractivity contribution in [3.05, 3.63) is 64.7 Å². The first-order chi connectivity index (χ1) is 13.3. The Hall–Kier alpha value is -2.99. The van der Waals surface area contributed by atoms with Gasteiger partial charge in [-0.25, -0.2) is 9.97 Å². The van der Waals surface area contributed by atoms with Gasteiger partial charge < -0.3 is 9.88 Å². The Balaban J connectivity index is 1.39. The highest BCUT2D eigenvalue weighted by molar-refractivity contribution is 7.10. The number of benzene rings is 2. The number of hydrogen-bond donors (Lipinski definition) is 1. The van der Waals surface area contributed by atoms with E-state index in [1.165, 1.54) is 0 Å². The van der Waals surface area contributed by atoms with Gasteiger partial charge in [-0.15, -0.1) is 11.3 Å². The van der Waals surface area contributed by atoms with E-state index in [4.69, 9.17) is 4.98 Å². The molecule has 0 atom stereocenters. The highest BCUT2D eigenvalue weighted by Crippen LogP contribution is 2.29. The molecule has 134 valence electrons. The molecule has 5 rings (SSSR count). The summed E-state index contributed by atoms with van der Waals surface area (Å²) >= 11 is 1.64. The molecule has 1 fully saturated rings. The Bertz CT molecular complexity index is 1100. The number of aromatic nitrogens is 3. The van der Waals surface area contributed by atoms with E-state index >= 15 is 0 Å². The molecular formula is C21H18N4OS. The summed E-state index contributed by atoms with van der Waals surface area (Å²) in [6, 6.07) is 16.1. The minimum Gasteiger partial charge on any atom is -0.342 e. The second-order valence-electron chi connectivity index (χ2n) is 6.70. The molecule has 1 amide bonds. The van der Waals surface area contributed by atoms with E-state index in [2.05, 4.69) is 21.4 Å². The molecule has 0 bridgehead atoms. The minimum atomic E-state index is 0.205. The summed E-state index contributed by atoms with van der Waals surface area (Å²) in [5.41, 5.74) is 4.97. The van der Waals surface area contributed by atoms with Crippen LogP contribution in [0.5, 0.6) is 0 Å². The number of nitrogens with zero attached hydrogens (tertiary/aromatic N) is 3. The average Bonchev–Trinajstić information content (AvgIpc) is 3.41. The minimum absolute atomic E-state index is 0.205. The first-order valence-corrected chi connectivity index (χ1v) is 9.93. The molecular weight excluding hydrogens is 356 g/mol. The molecule has 0 unspecified atom stereocenters. The third kappa shape index (κ3) is 3.13. The highest BCUT2D eigenvalue weighted by atomic mass is 32.1. The monoisotopic (exact) mass is 374 g/mol. The molecule has 1 aliphatic rings. The number of H-pyrrole nitrogens is 1. The number of amides is 1. The van der Waals surface area contributed by atoms with Crippen LogP contribution in [0.15, 0.2) is 53.9 Å². The zero-order valence-corrected chi connectivity index (χ0v) is 15.5. The summed E-state index contributed by atoms with van der Waals surface area (Å²) in [6.45, 7) is 0.802. The molecule has 4 aromatic rings. The van der Waals surface area contributed by atoms with Crippen LogP contribution in [0, 0.1) is 0 Å². The van der Waals surface area contributed by atoms with Gasteiger partial charge in [-0.3, -0.25) is 4.79 Å². The molecule has 1 N–H and O–H groups in total. The van der Waals surface area contributed by atoms with Crippen LogP contribution < -0.4 is 4.90 Å². The van der Waals surface area contributed by atoms with Crippen molar-refractivity contribution in [3.63, 3.8) is 0 Å². The Morgan fingerprint density at radius 1 is 1.11 bits per heavy atom. The number of rotatable bonds is 4. The standard InChI is InChI=1S/C21H18N4OS/c26-21-9-4-10-25(21)15-6-3-5-14(11-15)18-13-27-20(24-18)12-19-22-16-7-1-2-8-17(16)23-19/h1-3,5-8,11,13H,4,9-10,12H2,(H,22,23). The zero-order chi connectivity index (χ0) is 18.2. The van der Waals surface area contributed by atoms with Crippen LogP contribution in [0.25, 0.3) is 22.3 Å². The van der Waals surface area contributed by atoms with Crippen molar-refractivity contribution in [2.24, 2.45) is 0 Å². The van der Waals surface area contributed by atoms with E-state index in [0.29, 0.717) is 12.8 Å². The van der Waals surface area contributed by atoms with Crippen molar-refractivity contribution in [1.29, 1.82) is 0 Å². The lowest BCUT2D eigenvalue weighted by molar-refractivity contribution is -0.117. The van der Waals surface area contributed by atoms with Crippen LogP contribution in [0.3, 0.4) is 0 Å². The summed E-state index contributed by atoms with van der Waals surface area (Å²) in [7, 11) is 0. The van der Waals surface area contributed by atoms with Crippen molar-refractivity contribution < 1.29 is 4.79 Å². The average molecular weight is 374 g/mol. The number of aromatic amines is 1. The van der Waals surface area contributed by atoms with E-state index < -0.39 is 0 Å². The molecule has 1 aliphatic heterocycles. The second kappa shape index (κ2) is 6.63. The first-order valence-electron chi connectivity index (χ1n) is 9.05. The van der Waals surface area contributed by atoms with E-state index in [0.717, 1.165) is 51.8 Å². The number of hydrogen-bond acceptors (Lipinski definition) is 4. The fourth-order valence-electron chi connectivity index (χ4n) is 3.51. The fraction of sp³-hybridized carbons (Fsp3) is 0.190. The Kier molecular flexibility index (Phi) is 3.98. The van der Waals surface area contributed by atoms with Gasteiger partial charge >= 0.3 is 0 Å². The van der Waals surface area contributed by atoms with Crippen LogP contribution in [0.4, 0.5) is 5.69 Å². The summed E-state index contributed by atoms with van der Waals surface area (Å²) < 4.78 is 0. The van der Waals surface area contributed by atoms with Gasteiger partial charge in [0, 0.05) is 29.6 Å². The molecule has 3 heterocycles. The number of fused-ring (bicyclic) bond motifs is 1. The molecule has 27 heavy (non-hydrogen) atoms. The molecule has 2 aromatic carbocycles. The lowest BCUT2D eigenvalue weighted by Crippen LogP contribution is -2.23. The third-order valence-corrected chi connectivity index (χ3v) is 5.68. The van der Waals surface area contributed by atoms with Crippen LogP contribution in [-0.2, 0) is 11.2 Å². The first kappa shape index (κ1) is 16.2. The van der Waals surface area contributed by atoms with Crippen molar-refractivity contribution in [2.45, 2.75) is 19.3 Å². The van der Waals surface area contributed by atoms with E-state index in [-0.39, 0.29) is 5.91 Å². The number of carbonyl (C=O) groups excluding carboxylic acids is 1. The van der Waals surface area contributed by atoms with Crippen molar-refractivity contribution >= 4 is 34.0 Å². The van der Waals surface area contributed by atoms with Gasteiger partial charge in [0.15, 0.2) is 0 Å². The van der Waals surface area contributed by atoms with Gasteiger partial charge in [-0.1, -0.05) is 24.3 Å². The molecule has 2 aromatic heterocycles. The molecule has 0 saturated carbocycles. The van der Waals surface area contributed by atoms with E-state index in [9.17, 15) is 4.79 Å². The zero-order valence-electron chi connectivity index (χ0n) is 14.7. The molecule has 0 radical (unpaired) electrons. The molecule has 0 spiro atoms. The number of imidazole rings is 1. The second-order valence-corrected chi connectivity index (χ2v) is 7.65. The SMILES string of the molecule is O=C1CCCN1c1cccc(-c2csc(Cc3nc4ccccc4[nH]3)n2)c1. The molecule has 5 nitrogen and oxygen atoms in total. The van der Waals surface area contributed by atoms with E-state index in [1.807, 2.05) is 47.4 Å². The summed E-state index contributed by atoms with van der Waals surface area (Å²) in [4.78, 5) is 26.6. The predicted octanol–water partition coefficient (Wildman–Crippen LogP) is 4.40. The lowest BCUT2D eigenvalue weighted by atomic mass is 10.1. The van der Waals surface area contributed by atoms with Crippen molar-refractivity contribution in [1.82, 2.24) is 15.0 Å². The summed E-state index contributed by atoms with van der Waals surface area (Å²) in [5.74, 6) is 1.13. The van der Waals surface area contributed by atoms with Gasteiger partial charge in [0.05, 0.1) is 23.1 Å². The van der Waals surface area contributed by atoms with Gasteiger partial charge in [0.25, 0.3) is 0 Å². The Morgan fingerprint density at radius 3 is 2.89 bits per heavy atom. The maximum absolute atomic E-state index is 12.0. The quantitative estimate of drug-likeness (QED) is 0.576. The van der Waals surface area contributed by atoms with Gasteiger partial charge in [-0.05, 0) is 30.7 Å². The Labute approximate surface area is 160 Å². The molecule has 1 saturated heterocycles. The van der Waals surface area contributed by atoms with Crippen molar-refractivity contribution in [2.75, 3.05) is 11.4 Å².